The monoisotopic (exact) mass is 445 g/mol. The van der Waals surface area contributed by atoms with E-state index in [1.54, 1.807) is 24.3 Å². The third-order valence-corrected chi connectivity index (χ3v) is 5.50. The summed E-state index contributed by atoms with van der Waals surface area (Å²) in [5.74, 6) is 0.180. The Balaban J connectivity index is 1.63. The maximum absolute atomic E-state index is 14.3. The number of amides is 1. The van der Waals surface area contributed by atoms with Crippen LogP contribution in [-0.4, -0.2) is 47.5 Å². The number of nitrogens with one attached hydrogen (secondary N) is 2. The second-order valence-corrected chi connectivity index (χ2v) is 7.58. The van der Waals surface area contributed by atoms with Crippen molar-refractivity contribution in [2.75, 3.05) is 26.0 Å². The van der Waals surface area contributed by atoms with E-state index in [0.717, 1.165) is 19.4 Å². The number of hydrogen-bond acceptors (Lipinski definition) is 7. The van der Waals surface area contributed by atoms with Crippen LogP contribution in [0.5, 0.6) is 11.5 Å². The molecule has 31 heavy (non-hydrogen) atoms. The Morgan fingerprint density at radius 2 is 2.13 bits per heavy atom. The topological polar surface area (TPSA) is 88.6 Å². The van der Waals surface area contributed by atoms with E-state index in [9.17, 15) is 9.18 Å². The molecule has 0 saturated carbocycles. The first kappa shape index (κ1) is 21.1. The Hall–Kier alpha value is -3.17. The molecule has 1 saturated heterocycles. The van der Waals surface area contributed by atoms with Gasteiger partial charge in [-0.15, -0.1) is 0 Å². The van der Waals surface area contributed by atoms with Crippen molar-refractivity contribution >= 4 is 39.9 Å². The molecule has 0 radical (unpaired) electrons. The molecule has 1 amide bonds. The lowest BCUT2D eigenvalue weighted by Gasteiger charge is -2.19. The van der Waals surface area contributed by atoms with Gasteiger partial charge in [0.25, 0.3) is 5.91 Å². The van der Waals surface area contributed by atoms with Crippen molar-refractivity contribution in [1.29, 1.82) is 0 Å². The Kier molecular flexibility index (Phi) is 6.06. The number of fused-ring (bicyclic) bond motifs is 1. The van der Waals surface area contributed by atoms with Crippen LogP contribution in [0.2, 0.25) is 5.02 Å². The van der Waals surface area contributed by atoms with Crippen molar-refractivity contribution in [2.45, 2.75) is 18.9 Å². The molecular formula is C21H21ClFN5O3. The van der Waals surface area contributed by atoms with Gasteiger partial charge in [0.1, 0.15) is 12.1 Å². The van der Waals surface area contributed by atoms with Crippen molar-refractivity contribution in [3.8, 4) is 11.5 Å². The Bertz CT molecular complexity index is 1130. The summed E-state index contributed by atoms with van der Waals surface area (Å²) in [5, 5.41) is 3.48. The SMILES string of the molecule is COc1cc2ncnc(Nc3cccc(Cl)c3F)c2cc1ONC(=O)[C@H]1CCCN1C. The second-order valence-electron chi connectivity index (χ2n) is 7.18. The first-order valence-corrected chi connectivity index (χ1v) is 10.1. The van der Waals surface area contributed by atoms with E-state index in [1.165, 1.54) is 19.5 Å². The van der Waals surface area contributed by atoms with E-state index in [0.29, 0.717) is 22.5 Å². The molecule has 1 atom stereocenters. The van der Waals surface area contributed by atoms with Gasteiger partial charge in [0.05, 0.1) is 29.4 Å². The molecule has 3 aromatic rings. The van der Waals surface area contributed by atoms with Crippen molar-refractivity contribution in [3.63, 3.8) is 0 Å². The third-order valence-electron chi connectivity index (χ3n) is 5.21. The molecule has 162 valence electrons. The summed E-state index contributed by atoms with van der Waals surface area (Å²) in [4.78, 5) is 28.5. The van der Waals surface area contributed by atoms with Gasteiger partial charge in [0.15, 0.2) is 17.3 Å². The summed E-state index contributed by atoms with van der Waals surface area (Å²) in [7, 11) is 3.39. The predicted octanol–water partition coefficient (Wildman–Crippen LogP) is 3.68. The molecule has 0 bridgehead atoms. The number of likely N-dealkylation sites (N-methyl/N-ethyl adjacent to an activating group) is 1. The van der Waals surface area contributed by atoms with Crippen LogP contribution in [0, 0.1) is 5.82 Å². The van der Waals surface area contributed by atoms with Crippen LogP contribution in [0.3, 0.4) is 0 Å². The minimum atomic E-state index is -0.589. The van der Waals surface area contributed by atoms with Gasteiger partial charge in [0.2, 0.25) is 0 Å². The zero-order valence-electron chi connectivity index (χ0n) is 17.0. The lowest BCUT2D eigenvalue weighted by molar-refractivity contribution is -0.131. The highest BCUT2D eigenvalue weighted by Crippen LogP contribution is 2.35. The maximum Gasteiger partial charge on any atom is 0.269 e. The summed E-state index contributed by atoms with van der Waals surface area (Å²) in [6.45, 7) is 0.865. The molecule has 1 fully saturated rings. The summed E-state index contributed by atoms with van der Waals surface area (Å²) in [5.41, 5.74) is 3.21. The van der Waals surface area contributed by atoms with Gasteiger partial charge >= 0.3 is 0 Å². The quantitative estimate of drug-likeness (QED) is 0.559. The van der Waals surface area contributed by atoms with Crippen molar-refractivity contribution < 1.29 is 18.8 Å². The molecular weight excluding hydrogens is 425 g/mol. The molecule has 0 spiro atoms. The highest BCUT2D eigenvalue weighted by molar-refractivity contribution is 6.31. The smallest absolute Gasteiger partial charge is 0.269 e. The van der Waals surface area contributed by atoms with Crippen molar-refractivity contribution in [2.24, 2.45) is 0 Å². The minimum absolute atomic E-state index is 0.00588. The average molecular weight is 446 g/mol. The zero-order valence-corrected chi connectivity index (χ0v) is 17.7. The largest absolute Gasteiger partial charge is 0.493 e. The molecule has 2 heterocycles. The first-order valence-electron chi connectivity index (χ1n) is 9.68. The number of anilines is 2. The number of carbonyl (C=O) groups excluding carboxylic acids is 1. The van der Waals surface area contributed by atoms with Gasteiger partial charge in [-0.1, -0.05) is 17.7 Å². The lowest BCUT2D eigenvalue weighted by Crippen LogP contribution is -2.42. The van der Waals surface area contributed by atoms with Crippen LogP contribution in [0.1, 0.15) is 12.8 Å². The van der Waals surface area contributed by atoms with Gasteiger partial charge in [-0.25, -0.2) is 14.4 Å². The van der Waals surface area contributed by atoms with Crippen molar-refractivity contribution in [3.05, 3.63) is 47.5 Å². The molecule has 2 N–H and O–H groups in total. The van der Waals surface area contributed by atoms with Crippen molar-refractivity contribution in [1.82, 2.24) is 20.3 Å². The number of hydrogen-bond donors (Lipinski definition) is 2. The number of ether oxygens (including phenoxy) is 1. The van der Waals surface area contributed by atoms with Gasteiger partial charge in [-0.3, -0.25) is 9.69 Å². The maximum atomic E-state index is 14.3. The number of aromatic nitrogens is 2. The normalized spacial score (nSPS) is 16.3. The van der Waals surface area contributed by atoms with E-state index >= 15 is 0 Å². The van der Waals surface area contributed by atoms with E-state index in [1.807, 2.05) is 11.9 Å². The summed E-state index contributed by atoms with van der Waals surface area (Å²) < 4.78 is 19.7. The molecule has 2 aromatic carbocycles. The van der Waals surface area contributed by atoms with Crippen LogP contribution < -0.4 is 20.4 Å². The summed E-state index contributed by atoms with van der Waals surface area (Å²) >= 11 is 5.87. The average Bonchev–Trinajstić information content (AvgIpc) is 3.20. The van der Waals surface area contributed by atoms with Crippen LogP contribution in [0.25, 0.3) is 10.9 Å². The highest BCUT2D eigenvalue weighted by atomic mass is 35.5. The minimum Gasteiger partial charge on any atom is -0.493 e. The van der Waals surface area contributed by atoms with E-state index in [4.69, 9.17) is 21.2 Å². The molecule has 10 heteroatoms. The second kappa shape index (κ2) is 8.91. The molecule has 4 rings (SSSR count). The van der Waals surface area contributed by atoms with Crippen LogP contribution in [0.4, 0.5) is 15.9 Å². The lowest BCUT2D eigenvalue weighted by atomic mass is 10.2. The Labute approximate surface area is 183 Å². The summed E-state index contributed by atoms with van der Waals surface area (Å²) in [6, 6.07) is 7.68. The third kappa shape index (κ3) is 4.33. The van der Waals surface area contributed by atoms with Gasteiger partial charge < -0.3 is 14.9 Å². The molecule has 8 nitrogen and oxygen atoms in total. The Morgan fingerprint density at radius 3 is 2.87 bits per heavy atom. The molecule has 0 aliphatic carbocycles. The summed E-state index contributed by atoms with van der Waals surface area (Å²) in [6.07, 6.45) is 3.08. The Morgan fingerprint density at radius 1 is 1.29 bits per heavy atom. The first-order chi connectivity index (χ1) is 15.0. The number of benzene rings is 2. The fourth-order valence-corrected chi connectivity index (χ4v) is 3.72. The van der Waals surface area contributed by atoms with E-state index < -0.39 is 5.82 Å². The number of nitrogens with zero attached hydrogens (tertiary/aromatic N) is 3. The zero-order chi connectivity index (χ0) is 22.0. The van der Waals surface area contributed by atoms with Crippen LogP contribution in [-0.2, 0) is 4.79 Å². The van der Waals surface area contributed by atoms with Gasteiger partial charge in [-0.2, -0.15) is 5.48 Å². The van der Waals surface area contributed by atoms with E-state index in [-0.39, 0.29) is 28.4 Å². The molecule has 0 unspecified atom stereocenters. The molecule has 1 aliphatic rings. The number of methoxy groups -OCH3 is 1. The molecule has 1 aromatic heterocycles. The van der Waals surface area contributed by atoms with Crippen LogP contribution in [0.15, 0.2) is 36.7 Å². The van der Waals surface area contributed by atoms with Gasteiger partial charge in [0, 0.05) is 17.5 Å². The number of halogens is 2. The number of carbonyl (C=O) groups is 1. The fraction of sp³-hybridized carbons (Fsp3) is 0.286. The van der Waals surface area contributed by atoms with Crippen LogP contribution >= 0.6 is 11.6 Å². The van der Waals surface area contributed by atoms with E-state index in [2.05, 4.69) is 20.8 Å². The number of likely N-dealkylation sites (tertiary alicyclic amines) is 1. The predicted molar refractivity (Wildman–Crippen MR) is 115 cm³/mol. The molecule has 1 aliphatic heterocycles. The standard InChI is InChI=1S/C21H21ClFN5O3/c1-28-8-4-7-16(28)21(29)27-31-18-9-12-15(10-17(18)30-2)24-11-25-20(12)26-14-6-3-5-13(22)19(14)23/h3,5-6,9-11,16H,4,7-8H2,1-2H3,(H,27,29)(H,24,25,26)/t16-/m1/s1. The fourth-order valence-electron chi connectivity index (χ4n) is 3.55. The van der Waals surface area contributed by atoms with Gasteiger partial charge in [-0.05, 0) is 38.6 Å². The highest BCUT2D eigenvalue weighted by Gasteiger charge is 2.28. The number of rotatable bonds is 6. The number of hydroxylamine groups is 1.